The summed E-state index contributed by atoms with van der Waals surface area (Å²) < 4.78 is 2.40. The molecule has 1 nitrogen and oxygen atoms in total. The molecule has 1 aromatic heterocycles. The maximum atomic E-state index is 2.49. The molecule has 240 valence electrons. The zero-order valence-electron chi connectivity index (χ0n) is 28.7. The fourth-order valence-electron chi connectivity index (χ4n) is 9.49. The third-order valence-electron chi connectivity index (χ3n) is 11.8. The van der Waals surface area contributed by atoms with E-state index in [4.69, 9.17) is 0 Å². The molecule has 0 bridgehead atoms. The molecular weight excluding hydrogens is 615 g/mol. The number of benzene rings is 8. The second-order valence-corrected chi connectivity index (χ2v) is 14.9. The first-order valence-electron chi connectivity index (χ1n) is 18.1. The van der Waals surface area contributed by atoms with Crippen LogP contribution < -0.4 is 0 Å². The highest BCUT2D eigenvalue weighted by Crippen LogP contribution is 2.55. The Kier molecular flexibility index (Phi) is 5.85. The Labute approximate surface area is 297 Å². The number of rotatable bonds is 2. The third-order valence-corrected chi connectivity index (χ3v) is 11.8. The van der Waals surface area contributed by atoms with Crippen molar-refractivity contribution in [2.75, 3.05) is 0 Å². The van der Waals surface area contributed by atoms with Gasteiger partial charge in [-0.1, -0.05) is 141 Å². The van der Waals surface area contributed by atoms with Crippen LogP contribution in [0.2, 0.25) is 0 Å². The first-order valence-corrected chi connectivity index (χ1v) is 18.1. The minimum Gasteiger partial charge on any atom is -0.309 e. The molecule has 11 rings (SSSR count). The van der Waals surface area contributed by atoms with Crippen molar-refractivity contribution in [1.29, 1.82) is 0 Å². The van der Waals surface area contributed by atoms with Crippen molar-refractivity contribution < 1.29 is 0 Å². The lowest BCUT2D eigenvalue weighted by atomic mass is 9.65. The van der Waals surface area contributed by atoms with Gasteiger partial charge in [-0.15, -0.1) is 0 Å². The van der Waals surface area contributed by atoms with Crippen LogP contribution in [0.1, 0.15) is 41.7 Å². The van der Waals surface area contributed by atoms with Crippen LogP contribution >= 0.6 is 0 Å². The van der Waals surface area contributed by atoms with Gasteiger partial charge in [-0.25, -0.2) is 0 Å². The van der Waals surface area contributed by atoms with E-state index in [1.165, 1.54) is 105 Å². The lowest BCUT2D eigenvalue weighted by Crippen LogP contribution is -2.24. The molecule has 51 heavy (non-hydrogen) atoms. The Hall–Kier alpha value is -6.18. The normalized spacial score (nSPS) is 15.0. The van der Waals surface area contributed by atoms with Crippen molar-refractivity contribution in [1.82, 2.24) is 4.57 Å². The van der Waals surface area contributed by atoms with Gasteiger partial charge in [0.15, 0.2) is 0 Å². The molecule has 2 aliphatic carbocycles. The van der Waals surface area contributed by atoms with E-state index in [2.05, 4.69) is 182 Å². The highest BCUT2D eigenvalue weighted by molar-refractivity contribution is 6.15. The Balaban J connectivity index is 1.20. The largest absolute Gasteiger partial charge is 0.309 e. The molecule has 0 N–H and O–H groups in total. The van der Waals surface area contributed by atoms with Crippen LogP contribution in [-0.2, 0) is 11.8 Å². The minimum absolute atomic E-state index is 0.0797. The maximum Gasteiger partial charge on any atom is 0.0541 e. The van der Waals surface area contributed by atoms with Crippen LogP contribution in [-0.4, -0.2) is 4.57 Å². The zero-order valence-corrected chi connectivity index (χ0v) is 28.7. The summed E-state index contributed by atoms with van der Waals surface area (Å²) in [6.45, 7) is 4.78. The van der Waals surface area contributed by atoms with E-state index < -0.39 is 0 Å². The number of para-hydroxylation sites is 2. The molecule has 1 heterocycles. The first-order chi connectivity index (χ1) is 25.1. The van der Waals surface area contributed by atoms with Gasteiger partial charge >= 0.3 is 0 Å². The number of hydrogen-bond donors (Lipinski definition) is 0. The van der Waals surface area contributed by atoms with E-state index in [1.54, 1.807) is 0 Å². The van der Waals surface area contributed by atoms with Gasteiger partial charge in [0.25, 0.3) is 0 Å². The number of allylic oxidation sites excluding steroid dienone is 1. The average molecular weight is 650 g/mol. The number of nitrogens with zero attached hydrogens (tertiary/aromatic N) is 1. The number of aromatic nitrogens is 1. The van der Waals surface area contributed by atoms with Crippen LogP contribution in [0.4, 0.5) is 0 Å². The van der Waals surface area contributed by atoms with E-state index in [9.17, 15) is 0 Å². The molecular formula is C50H35N. The molecule has 2 aliphatic rings. The summed E-state index contributed by atoms with van der Waals surface area (Å²) in [5.41, 5.74) is 17.3. The quantitative estimate of drug-likeness (QED) is 0.176. The first kappa shape index (κ1) is 28.6. The zero-order chi connectivity index (χ0) is 33.8. The van der Waals surface area contributed by atoms with E-state index in [-0.39, 0.29) is 5.41 Å². The maximum absolute atomic E-state index is 2.49. The molecule has 0 amide bonds. The highest BCUT2D eigenvalue weighted by atomic mass is 15.0. The molecule has 0 fully saturated rings. The van der Waals surface area contributed by atoms with Crippen LogP contribution in [0.3, 0.4) is 0 Å². The van der Waals surface area contributed by atoms with Crippen molar-refractivity contribution in [3.8, 4) is 27.9 Å². The van der Waals surface area contributed by atoms with Gasteiger partial charge in [0.2, 0.25) is 0 Å². The van der Waals surface area contributed by atoms with Gasteiger partial charge in [0, 0.05) is 21.9 Å². The fourth-order valence-corrected chi connectivity index (χ4v) is 9.49. The Morgan fingerprint density at radius 3 is 2.14 bits per heavy atom. The Morgan fingerprint density at radius 1 is 0.510 bits per heavy atom. The predicted octanol–water partition coefficient (Wildman–Crippen LogP) is 13.2. The van der Waals surface area contributed by atoms with Crippen molar-refractivity contribution in [2.24, 2.45) is 0 Å². The van der Waals surface area contributed by atoms with Crippen LogP contribution in [0.25, 0.3) is 82.9 Å². The van der Waals surface area contributed by atoms with Gasteiger partial charge in [-0.3, -0.25) is 0 Å². The van der Waals surface area contributed by atoms with Gasteiger partial charge in [0.1, 0.15) is 0 Å². The van der Waals surface area contributed by atoms with Crippen LogP contribution in [0.15, 0.2) is 158 Å². The van der Waals surface area contributed by atoms with Crippen molar-refractivity contribution in [2.45, 2.75) is 25.7 Å². The van der Waals surface area contributed by atoms with Gasteiger partial charge in [-0.05, 0) is 120 Å². The predicted molar refractivity (Wildman–Crippen MR) is 217 cm³/mol. The van der Waals surface area contributed by atoms with Gasteiger partial charge < -0.3 is 4.57 Å². The van der Waals surface area contributed by atoms with Crippen molar-refractivity contribution in [3.63, 3.8) is 0 Å². The standard InChI is InChI=1S/C50H35N/c1-50(2)43-20-10-8-19-39(43)49-42-30-34(27-31-23-26-46-40(28-31)38-18-9-11-22-45(38)51(46)35-15-4-3-5-16-35)37-25-24-32-13-6-7-17-36(32)48(37)41(42)29-33-14-12-21-44(50)47(33)49/h3-29H,30H2,1-2H3. The number of hydrogen-bond acceptors (Lipinski definition) is 0. The summed E-state index contributed by atoms with van der Waals surface area (Å²) in [4.78, 5) is 0. The topological polar surface area (TPSA) is 4.93 Å². The lowest BCUT2D eigenvalue weighted by molar-refractivity contribution is 0.645. The second kappa shape index (κ2) is 10.4. The monoisotopic (exact) mass is 649 g/mol. The van der Waals surface area contributed by atoms with E-state index in [1.807, 2.05) is 0 Å². The molecule has 0 radical (unpaired) electrons. The molecule has 0 unspecified atom stereocenters. The molecule has 9 aromatic rings. The van der Waals surface area contributed by atoms with Crippen LogP contribution in [0, 0.1) is 0 Å². The Bertz CT molecular complexity index is 2950. The summed E-state index contributed by atoms with van der Waals surface area (Å²) >= 11 is 0. The van der Waals surface area contributed by atoms with Crippen molar-refractivity contribution in [3.05, 3.63) is 186 Å². The fraction of sp³-hybridized carbons (Fsp3) is 0.0800. The van der Waals surface area contributed by atoms with E-state index in [0.29, 0.717) is 0 Å². The summed E-state index contributed by atoms with van der Waals surface area (Å²) in [5.74, 6) is 0. The second-order valence-electron chi connectivity index (χ2n) is 14.9. The average Bonchev–Trinajstić information content (AvgIpc) is 3.50. The Morgan fingerprint density at radius 2 is 1.24 bits per heavy atom. The molecule has 8 aromatic carbocycles. The number of fused-ring (bicyclic) bond motifs is 11. The summed E-state index contributed by atoms with van der Waals surface area (Å²) in [5, 5.41) is 7.90. The third kappa shape index (κ3) is 3.98. The van der Waals surface area contributed by atoms with Crippen molar-refractivity contribution >= 4 is 55.0 Å². The van der Waals surface area contributed by atoms with E-state index >= 15 is 0 Å². The highest BCUT2D eigenvalue weighted by Gasteiger charge is 2.36. The lowest BCUT2D eigenvalue weighted by Gasteiger charge is -2.38. The summed E-state index contributed by atoms with van der Waals surface area (Å²) in [7, 11) is 0. The molecule has 0 spiro atoms. The van der Waals surface area contributed by atoms with Gasteiger partial charge in [0.05, 0.1) is 11.0 Å². The SMILES string of the molecule is CC1(C)c2ccccc2-c2c3c(cc4cccc1c24)-c1c(ccc2ccccc12)C(=Cc1ccc2c(c1)c1ccccc1n2-c1ccccc1)C3. The summed E-state index contributed by atoms with van der Waals surface area (Å²) in [6.07, 6.45) is 3.34. The molecule has 0 atom stereocenters. The van der Waals surface area contributed by atoms with Gasteiger partial charge in [-0.2, -0.15) is 0 Å². The van der Waals surface area contributed by atoms with Crippen LogP contribution in [0.5, 0.6) is 0 Å². The molecule has 0 saturated carbocycles. The molecule has 1 heteroatoms. The summed E-state index contributed by atoms with van der Waals surface area (Å²) in [6, 6.07) is 58.7. The minimum atomic E-state index is -0.0797. The van der Waals surface area contributed by atoms with E-state index in [0.717, 1.165) is 6.42 Å². The molecule has 0 saturated heterocycles. The smallest absolute Gasteiger partial charge is 0.0541 e. The molecule has 0 aliphatic heterocycles.